The summed E-state index contributed by atoms with van der Waals surface area (Å²) in [5, 5.41) is 7.56. The van der Waals surface area contributed by atoms with Gasteiger partial charge in [-0.3, -0.25) is 4.68 Å². The summed E-state index contributed by atoms with van der Waals surface area (Å²) in [4.78, 5) is 0. The molecule has 0 atom stereocenters. The molecule has 2 rings (SSSR count). The van der Waals surface area contributed by atoms with Crippen molar-refractivity contribution in [2.45, 2.75) is 26.4 Å². The second kappa shape index (κ2) is 5.51. The molecule has 0 aliphatic rings. The third-order valence-electron chi connectivity index (χ3n) is 2.38. The van der Waals surface area contributed by atoms with E-state index < -0.39 is 0 Å². The molecule has 0 aromatic carbocycles. The minimum absolute atomic E-state index is 0.797. The lowest BCUT2D eigenvalue weighted by atomic mass is 10.4. The molecule has 0 saturated heterocycles. The Morgan fingerprint density at radius 2 is 2.44 bits per heavy atom. The summed E-state index contributed by atoms with van der Waals surface area (Å²) in [6, 6.07) is 3.88. The van der Waals surface area contributed by atoms with Crippen LogP contribution in [-0.2, 0) is 13.1 Å². The van der Waals surface area contributed by atoms with Crippen LogP contribution < -0.4 is 5.32 Å². The van der Waals surface area contributed by atoms with Crippen molar-refractivity contribution in [1.29, 1.82) is 0 Å². The fraction of sp³-hybridized carbons (Fsp3) is 0.417. The zero-order valence-electron chi connectivity index (χ0n) is 9.52. The molecule has 2 aromatic heterocycles. The number of rotatable bonds is 6. The SMILES string of the molecule is Cc1cnn(CCCNCc2ccco2)c1. The Morgan fingerprint density at radius 3 is 3.12 bits per heavy atom. The minimum atomic E-state index is 0.797. The van der Waals surface area contributed by atoms with Gasteiger partial charge >= 0.3 is 0 Å². The van der Waals surface area contributed by atoms with Crippen molar-refractivity contribution in [2.75, 3.05) is 6.54 Å². The molecule has 4 nitrogen and oxygen atoms in total. The van der Waals surface area contributed by atoms with E-state index in [9.17, 15) is 0 Å². The highest BCUT2D eigenvalue weighted by molar-refractivity contribution is 4.99. The molecule has 1 N–H and O–H groups in total. The van der Waals surface area contributed by atoms with E-state index in [1.54, 1.807) is 6.26 Å². The maximum Gasteiger partial charge on any atom is 0.117 e. The number of aryl methyl sites for hydroxylation is 2. The van der Waals surface area contributed by atoms with Crippen molar-refractivity contribution in [2.24, 2.45) is 0 Å². The summed E-state index contributed by atoms with van der Waals surface area (Å²) in [7, 11) is 0. The van der Waals surface area contributed by atoms with Gasteiger partial charge in [-0.05, 0) is 37.6 Å². The number of aromatic nitrogens is 2. The van der Waals surface area contributed by atoms with Crippen LogP contribution in [0.3, 0.4) is 0 Å². The Balaban J connectivity index is 1.59. The van der Waals surface area contributed by atoms with Crippen molar-refractivity contribution in [3.63, 3.8) is 0 Å². The van der Waals surface area contributed by atoms with Gasteiger partial charge in [0.05, 0.1) is 19.0 Å². The number of hydrogen-bond acceptors (Lipinski definition) is 3. The van der Waals surface area contributed by atoms with Gasteiger partial charge in [-0.1, -0.05) is 0 Å². The Labute approximate surface area is 95.3 Å². The highest BCUT2D eigenvalue weighted by Crippen LogP contribution is 1.99. The maximum absolute atomic E-state index is 5.22. The number of hydrogen-bond donors (Lipinski definition) is 1. The van der Waals surface area contributed by atoms with Crippen LogP contribution in [0.1, 0.15) is 17.7 Å². The second-order valence-corrected chi connectivity index (χ2v) is 3.89. The second-order valence-electron chi connectivity index (χ2n) is 3.89. The quantitative estimate of drug-likeness (QED) is 0.755. The van der Waals surface area contributed by atoms with E-state index in [2.05, 4.69) is 23.5 Å². The van der Waals surface area contributed by atoms with Gasteiger partial charge in [0.2, 0.25) is 0 Å². The fourth-order valence-electron chi connectivity index (χ4n) is 1.58. The van der Waals surface area contributed by atoms with Crippen molar-refractivity contribution < 1.29 is 4.42 Å². The lowest BCUT2D eigenvalue weighted by Gasteiger charge is -2.03. The average molecular weight is 219 g/mol. The molecule has 2 heterocycles. The lowest BCUT2D eigenvalue weighted by Crippen LogP contribution is -2.16. The summed E-state index contributed by atoms with van der Waals surface area (Å²) in [5.41, 5.74) is 1.21. The largest absolute Gasteiger partial charge is 0.468 e. The van der Waals surface area contributed by atoms with Crippen LogP contribution >= 0.6 is 0 Å². The third-order valence-corrected chi connectivity index (χ3v) is 2.38. The molecule has 16 heavy (non-hydrogen) atoms. The number of nitrogens with one attached hydrogen (secondary N) is 1. The van der Waals surface area contributed by atoms with Crippen LogP contribution in [0.25, 0.3) is 0 Å². The van der Waals surface area contributed by atoms with Gasteiger partial charge in [-0.2, -0.15) is 5.10 Å². The van der Waals surface area contributed by atoms with Crippen LogP contribution in [0, 0.1) is 6.92 Å². The summed E-state index contributed by atoms with van der Waals surface area (Å²) < 4.78 is 7.20. The molecule has 86 valence electrons. The molecule has 0 unspecified atom stereocenters. The molecule has 0 amide bonds. The lowest BCUT2D eigenvalue weighted by molar-refractivity contribution is 0.471. The fourth-order valence-corrected chi connectivity index (χ4v) is 1.58. The van der Waals surface area contributed by atoms with Gasteiger partial charge in [0.1, 0.15) is 5.76 Å². The van der Waals surface area contributed by atoms with Crippen molar-refractivity contribution in [1.82, 2.24) is 15.1 Å². The Kier molecular flexibility index (Phi) is 3.77. The molecule has 0 radical (unpaired) electrons. The molecular formula is C12H17N3O. The van der Waals surface area contributed by atoms with E-state index in [0.717, 1.165) is 31.8 Å². The Bertz CT molecular complexity index is 406. The molecule has 0 bridgehead atoms. The standard InChI is InChI=1S/C12H17N3O/c1-11-8-14-15(10-11)6-3-5-13-9-12-4-2-7-16-12/h2,4,7-8,10,13H,3,5-6,9H2,1H3. The molecule has 0 saturated carbocycles. The predicted molar refractivity (Wildman–Crippen MR) is 62.0 cm³/mol. The van der Waals surface area contributed by atoms with Crippen LogP contribution in [0.2, 0.25) is 0 Å². The van der Waals surface area contributed by atoms with Crippen LogP contribution in [0.5, 0.6) is 0 Å². The van der Waals surface area contributed by atoms with Crippen molar-refractivity contribution >= 4 is 0 Å². The smallest absolute Gasteiger partial charge is 0.117 e. The van der Waals surface area contributed by atoms with Crippen LogP contribution in [0.15, 0.2) is 35.2 Å². The van der Waals surface area contributed by atoms with E-state index in [0.29, 0.717) is 0 Å². The average Bonchev–Trinajstić information content (AvgIpc) is 2.89. The molecule has 0 aliphatic heterocycles. The number of nitrogens with zero attached hydrogens (tertiary/aromatic N) is 2. The molecule has 0 aliphatic carbocycles. The van der Waals surface area contributed by atoms with E-state index in [4.69, 9.17) is 4.42 Å². The molecule has 0 spiro atoms. The molecule has 4 heteroatoms. The van der Waals surface area contributed by atoms with Crippen LogP contribution in [-0.4, -0.2) is 16.3 Å². The first-order valence-corrected chi connectivity index (χ1v) is 5.57. The van der Waals surface area contributed by atoms with Crippen molar-refractivity contribution in [3.05, 3.63) is 42.1 Å². The predicted octanol–water partition coefficient (Wildman–Crippen LogP) is 1.96. The van der Waals surface area contributed by atoms with E-state index in [1.165, 1.54) is 5.56 Å². The van der Waals surface area contributed by atoms with Gasteiger partial charge in [-0.15, -0.1) is 0 Å². The molecule has 2 aromatic rings. The van der Waals surface area contributed by atoms with Crippen LogP contribution in [0.4, 0.5) is 0 Å². The zero-order valence-corrected chi connectivity index (χ0v) is 9.52. The molecular weight excluding hydrogens is 202 g/mol. The van der Waals surface area contributed by atoms with E-state index in [-0.39, 0.29) is 0 Å². The first-order valence-electron chi connectivity index (χ1n) is 5.57. The summed E-state index contributed by atoms with van der Waals surface area (Å²) >= 11 is 0. The monoisotopic (exact) mass is 219 g/mol. The topological polar surface area (TPSA) is 43.0 Å². The van der Waals surface area contributed by atoms with E-state index in [1.807, 2.05) is 23.0 Å². The highest BCUT2D eigenvalue weighted by Gasteiger charge is 1.96. The zero-order chi connectivity index (χ0) is 11.2. The van der Waals surface area contributed by atoms with Gasteiger partial charge in [0.15, 0.2) is 0 Å². The maximum atomic E-state index is 5.22. The normalized spacial score (nSPS) is 10.8. The van der Waals surface area contributed by atoms with Crippen molar-refractivity contribution in [3.8, 4) is 0 Å². The van der Waals surface area contributed by atoms with Gasteiger partial charge in [0, 0.05) is 12.7 Å². The van der Waals surface area contributed by atoms with E-state index >= 15 is 0 Å². The molecule has 0 fully saturated rings. The number of furan rings is 1. The Hall–Kier alpha value is -1.55. The highest BCUT2D eigenvalue weighted by atomic mass is 16.3. The summed E-state index contributed by atoms with van der Waals surface area (Å²) in [6.45, 7) is 4.78. The first-order chi connectivity index (χ1) is 7.84. The summed E-state index contributed by atoms with van der Waals surface area (Å²) in [5.74, 6) is 0.981. The minimum Gasteiger partial charge on any atom is -0.468 e. The first kappa shape index (κ1) is 11.0. The summed E-state index contributed by atoms with van der Waals surface area (Å²) in [6.07, 6.45) is 6.72. The van der Waals surface area contributed by atoms with Gasteiger partial charge in [0.25, 0.3) is 0 Å². The third kappa shape index (κ3) is 3.24. The Morgan fingerprint density at radius 1 is 1.50 bits per heavy atom. The van der Waals surface area contributed by atoms with Gasteiger partial charge in [-0.25, -0.2) is 0 Å². The van der Waals surface area contributed by atoms with Gasteiger partial charge < -0.3 is 9.73 Å².